The first-order valence-electron chi connectivity index (χ1n) is 5.58. The van der Waals surface area contributed by atoms with E-state index in [0.29, 0.717) is 18.1 Å². The molecule has 2 nitrogen and oxygen atoms in total. The van der Waals surface area contributed by atoms with Crippen molar-refractivity contribution in [3.05, 3.63) is 22.4 Å². The van der Waals surface area contributed by atoms with Crippen LogP contribution in [0, 0.1) is 5.92 Å². The molecule has 1 aliphatic heterocycles. The second kappa shape index (κ2) is 5.42. The third-order valence-corrected chi connectivity index (χ3v) is 3.63. The second-order valence-corrected chi connectivity index (χ2v) is 5.04. The molecule has 1 aliphatic rings. The first kappa shape index (κ1) is 10.8. The maximum atomic E-state index is 11.8. The first-order chi connectivity index (χ1) is 7.34. The Labute approximate surface area is 94.7 Å². The lowest BCUT2D eigenvalue weighted by Gasteiger charge is -2.21. The molecule has 0 aliphatic carbocycles. The summed E-state index contributed by atoms with van der Waals surface area (Å²) in [4.78, 5) is 11.8. The van der Waals surface area contributed by atoms with Gasteiger partial charge in [0.25, 0.3) is 0 Å². The van der Waals surface area contributed by atoms with E-state index in [2.05, 4.69) is 10.7 Å². The molecule has 0 radical (unpaired) electrons. The van der Waals surface area contributed by atoms with Crippen LogP contribution in [0.3, 0.4) is 0 Å². The average molecular weight is 223 g/mol. The van der Waals surface area contributed by atoms with Crippen LogP contribution >= 0.6 is 11.3 Å². The summed E-state index contributed by atoms with van der Waals surface area (Å²) < 4.78 is 0. The van der Waals surface area contributed by atoms with Gasteiger partial charge in [-0.25, -0.2) is 0 Å². The number of Topliss-reactive ketones (excluding diaryl/α,β-unsaturated/α-hetero) is 1. The molecule has 0 bridgehead atoms. The van der Waals surface area contributed by atoms with E-state index in [-0.39, 0.29) is 0 Å². The van der Waals surface area contributed by atoms with Gasteiger partial charge in [-0.15, -0.1) is 0 Å². The largest absolute Gasteiger partial charge is 0.316 e. The summed E-state index contributed by atoms with van der Waals surface area (Å²) in [7, 11) is 0. The molecule has 1 fully saturated rings. The molecule has 15 heavy (non-hydrogen) atoms. The molecule has 1 N–H and O–H groups in total. The summed E-state index contributed by atoms with van der Waals surface area (Å²) in [6, 6.07) is 2.04. The van der Waals surface area contributed by atoms with E-state index in [9.17, 15) is 4.79 Å². The molecule has 1 aromatic rings. The number of carbonyl (C=O) groups is 1. The van der Waals surface area contributed by atoms with Crippen molar-refractivity contribution in [3.8, 4) is 0 Å². The zero-order valence-corrected chi connectivity index (χ0v) is 9.69. The molecule has 1 unspecified atom stereocenters. The van der Waals surface area contributed by atoms with Gasteiger partial charge in [0, 0.05) is 12.8 Å². The Balaban J connectivity index is 1.76. The maximum Gasteiger partial charge on any atom is 0.137 e. The summed E-state index contributed by atoms with van der Waals surface area (Å²) in [6.07, 6.45) is 3.81. The van der Waals surface area contributed by atoms with Crippen LogP contribution in [0.5, 0.6) is 0 Å². The Morgan fingerprint density at radius 2 is 2.53 bits per heavy atom. The first-order valence-corrected chi connectivity index (χ1v) is 6.52. The van der Waals surface area contributed by atoms with E-state index in [1.807, 2.05) is 11.4 Å². The predicted molar refractivity (Wildman–Crippen MR) is 63.2 cm³/mol. The standard InChI is InChI=1S/C12H17NOS/c14-12(7-11-3-5-15-9-11)6-10-2-1-4-13-8-10/h3,5,9-10,13H,1-2,4,6-8H2. The Morgan fingerprint density at radius 1 is 1.60 bits per heavy atom. The van der Waals surface area contributed by atoms with Crippen LogP contribution in [0.15, 0.2) is 16.8 Å². The van der Waals surface area contributed by atoms with Gasteiger partial charge in [0.1, 0.15) is 5.78 Å². The third kappa shape index (κ3) is 3.43. The monoisotopic (exact) mass is 223 g/mol. The van der Waals surface area contributed by atoms with Gasteiger partial charge < -0.3 is 5.32 Å². The molecule has 0 spiro atoms. The number of hydrogen-bond donors (Lipinski definition) is 1. The lowest BCUT2D eigenvalue weighted by molar-refractivity contribution is -0.119. The number of thiophene rings is 1. The lowest BCUT2D eigenvalue weighted by Crippen LogP contribution is -2.31. The topological polar surface area (TPSA) is 29.1 Å². The van der Waals surface area contributed by atoms with Crippen molar-refractivity contribution in [3.63, 3.8) is 0 Å². The van der Waals surface area contributed by atoms with Gasteiger partial charge in [0.2, 0.25) is 0 Å². The second-order valence-electron chi connectivity index (χ2n) is 4.26. The Bertz CT molecular complexity index is 301. The fourth-order valence-corrected chi connectivity index (χ4v) is 2.78. The highest BCUT2D eigenvalue weighted by molar-refractivity contribution is 7.07. The summed E-state index contributed by atoms with van der Waals surface area (Å²) in [6.45, 7) is 2.14. The summed E-state index contributed by atoms with van der Waals surface area (Å²) in [5.41, 5.74) is 1.17. The van der Waals surface area contributed by atoms with Gasteiger partial charge in [-0.3, -0.25) is 4.79 Å². The molecule has 0 aromatic carbocycles. The Morgan fingerprint density at radius 3 is 3.20 bits per heavy atom. The molecular weight excluding hydrogens is 206 g/mol. The normalized spacial score (nSPS) is 21.5. The number of nitrogens with one attached hydrogen (secondary N) is 1. The van der Waals surface area contributed by atoms with E-state index < -0.39 is 0 Å². The fraction of sp³-hybridized carbons (Fsp3) is 0.583. The molecule has 82 valence electrons. The molecule has 0 amide bonds. The number of piperidine rings is 1. The quantitative estimate of drug-likeness (QED) is 0.848. The van der Waals surface area contributed by atoms with E-state index in [4.69, 9.17) is 0 Å². The number of ketones is 1. The summed E-state index contributed by atoms with van der Waals surface area (Å²) >= 11 is 1.66. The van der Waals surface area contributed by atoms with E-state index in [1.54, 1.807) is 11.3 Å². The SMILES string of the molecule is O=C(Cc1ccsc1)CC1CCCNC1. The molecular formula is C12H17NOS. The van der Waals surface area contributed by atoms with Crippen LogP contribution in [0.2, 0.25) is 0 Å². The van der Waals surface area contributed by atoms with Gasteiger partial charge in [-0.05, 0) is 54.2 Å². The number of carbonyl (C=O) groups excluding carboxylic acids is 1. The highest BCUT2D eigenvalue weighted by Gasteiger charge is 2.16. The van der Waals surface area contributed by atoms with Crippen LogP contribution in [-0.4, -0.2) is 18.9 Å². The zero-order chi connectivity index (χ0) is 10.5. The molecule has 2 rings (SSSR count). The van der Waals surface area contributed by atoms with Gasteiger partial charge in [0.15, 0.2) is 0 Å². The van der Waals surface area contributed by atoms with Crippen molar-refractivity contribution >= 4 is 17.1 Å². The van der Waals surface area contributed by atoms with Crippen LogP contribution in [0.4, 0.5) is 0 Å². The zero-order valence-electron chi connectivity index (χ0n) is 8.87. The molecule has 2 heterocycles. The van der Waals surface area contributed by atoms with Crippen LogP contribution in [0.25, 0.3) is 0 Å². The Hall–Kier alpha value is -0.670. The van der Waals surface area contributed by atoms with Crippen molar-refractivity contribution in [2.24, 2.45) is 5.92 Å². The van der Waals surface area contributed by atoms with Crippen LogP contribution in [-0.2, 0) is 11.2 Å². The van der Waals surface area contributed by atoms with Crippen molar-refractivity contribution in [1.29, 1.82) is 0 Å². The van der Waals surface area contributed by atoms with E-state index in [0.717, 1.165) is 19.5 Å². The predicted octanol–water partition coefficient (Wildman–Crippen LogP) is 2.25. The molecule has 1 aromatic heterocycles. The Kier molecular flexibility index (Phi) is 3.92. The van der Waals surface area contributed by atoms with Crippen molar-refractivity contribution in [2.45, 2.75) is 25.7 Å². The van der Waals surface area contributed by atoms with Crippen molar-refractivity contribution in [2.75, 3.05) is 13.1 Å². The van der Waals surface area contributed by atoms with Crippen LogP contribution < -0.4 is 5.32 Å². The van der Waals surface area contributed by atoms with Gasteiger partial charge >= 0.3 is 0 Å². The van der Waals surface area contributed by atoms with Crippen molar-refractivity contribution < 1.29 is 4.79 Å². The molecule has 0 saturated carbocycles. The van der Waals surface area contributed by atoms with Gasteiger partial charge in [-0.2, -0.15) is 11.3 Å². The number of hydrogen-bond acceptors (Lipinski definition) is 3. The number of rotatable bonds is 4. The lowest BCUT2D eigenvalue weighted by atomic mass is 9.92. The minimum atomic E-state index is 0.391. The third-order valence-electron chi connectivity index (χ3n) is 2.90. The maximum absolute atomic E-state index is 11.8. The molecule has 1 atom stereocenters. The highest BCUT2D eigenvalue weighted by atomic mass is 32.1. The molecule has 3 heteroatoms. The molecule has 1 saturated heterocycles. The van der Waals surface area contributed by atoms with E-state index in [1.165, 1.54) is 18.4 Å². The van der Waals surface area contributed by atoms with E-state index >= 15 is 0 Å². The summed E-state index contributed by atoms with van der Waals surface area (Å²) in [5, 5.41) is 7.45. The fourth-order valence-electron chi connectivity index (χ4n) is 2.11. The van der Waals surface area contributed by atoms with Crippen molar-refractivity contribution in [1.82, 2.24) is 5.32 Å². The minimum Gasteiger partial charge on any atom is -0.316 e. The average Bonchev–Trinajstić information content (AvgIpc) is 2.71. The van der Waals surface area contributed by atoms with Gasteiger partial charge in [0.05, 0.1) is 0 Å². The van der Waals surface area contributed by atoms with Gasteiger partial charge in [-0.1, -0.05) is 0 Å². The minimum absolute atomic E-state index is 0.391. The summed E-state index contributed by atoms with van der Waals surface area (Å²) in [5.74, 6) is 0.965. The smallest absolute Gasteiger partial charge is 0.137 e. The highest BCUT2D eigenvalue weighted by Crippen LogP contribution is 2.16. The van der Waals surface area contributed by atoms with Crippen LogP contribution in [0.1, 0.15) is 24.8 Å².